The molecule has 1 aromatic rings. The number of guanidine groups is 1. The Morgan fingerprint density at radius 3 is 2.23 bits per heavy atom. The molecule has 2 rings (SSSR count). The molecule has 0 spiro atoms. The fourth-order valence-electron chi connectivity index (χ4n) is 3.13. The fraction of sp³-hybridized carbons (Fsp3) is 0.733. The number of nitrogens with zero attached hydrogens (tertiary/aromatic N) is 4. The van der Waals surface area contributed by atoms with E-state index in [9.17, 15) is 10.2 Å². The number of amidine groups is 1. The summed E-state index contributed by atoms with van der Waals surface area (Å²) in [5, 5.41) is 27.5. The van der Waals surface area contributed by atoms with Crippen molar-refractivity contribution in [1.82, 2.24) is 15.6 Å². The van der Waals surface area contributed by atoms with Crippen LogP contribution < -0.4 is 10.6 Å². The number of hydrogen-bond acceptors (Lipinski definition) is 8. The van der Waals surface area contributed by atoms with Crippen LogP contribution in [0.25, 0.3) is 5.57 Å². The molecule has 1 aromatic heterocycles. The van der Waals surface area contributed by atoms with Crippen molar-refractivity contribution in [3.05, 3.63) is 21.7 Å². The van der Waals surface area contributed by atoms with Gasteiger partial charge in [-0.05, 0) is 50.8 Å². The van der Waals surface area contributed by atoms with E-state index in [1.54, 1.807) is 11.3 Å². The van der Waals surface area contributed by atoms with Gasteiger partial charge in [0.15, 0.2) is 5.96 Å². The van der Waals surface area contributed by atoms with Gasteiger partial charge in [0, 0.05) is 36.7 Å². The van der Waals surface area contributed by atoms with Gasteiger partial charge in [-0.25, -0.2) is 9.98 Å². The Hall–Kier alpha value is -2.10. The second kappa shape index (κ2) is 22.7. The van der Waals surface area contributed by atoms with Crippen LogP contribution in [0.5, 0.6) is 0 Å². The van der Waals surface area contributed by atoms with Gasteiger partial charge in [0.05, 0.1) is 24.8 Å². The Bertz CT molecular complexity index is 874. The third-order valence-electron chi connectivity index (χ3n) is 5.23. The summed E-state index contributed by atoms with van der Waals surface area (Å²) < 4.78 is 0. The molecule has 39 heavy (non-hydrogen) atoms. The van der Waals surface area contributed by atoms with Crippen LogP contribution in [-0.4, -0.2) is 72.1 Å². The molecule has 2 heterocycles. The van der Waals surface area contributed by atoms with Crippen LogP contribution >= 0.6 is 11.3 Å². The van der Waals surface area contributed by atoms with Crippen molar-refractivity contribution in [3.8, 4) is 0 Å². The van der Waals surface area contributed by atoms with E-state index in [1.807, 2.05) is 67.8 Å². The maximum Gasteiger partial charge on any atom is 0.197 e. The summed E-state index contributed by atoms with van der Waals surface area (Å²) in [6, 6.07) is 0. The van der Waals surface area contributed by atoms with Crippen molar-refractivity contribution in [2.24, 2.45) is 26.3 Å². The van der Waals surface area contributed by atoms with Crippen LogP contribution in [0.3, 0.4) is 0 Å². The molecule has 4 N–H and O–H groups in total. The number of hydrogen-bond donors (Lipinski definition) is 4. The number of aromatic nitrogens is 1. The first-order chi connectivity index (χ1) is 18.6. The molecular weight excluding hydrogens is 508 g/mol. The van der Waals surface area contributed by atoms with E-state index < -0.39 is 6.10 Å². The van der Waals surface area contributed by atoms with Crippen LogP contribution in [0.4, 0.5) is 0 Å². The van der Waals surface area contributed by atoms with E-state index in [-0.39, 0.29) is 24.5 Å². The Kier molecular flexibility index (Phi) is 22.7. The molecule has 0 bridgehead atoms. The Morgan fingerprint density at radius 2 is 1.79 bits per heavy atom. The van der Waals surface area contributed by atoms with Gasteiger partial charge in [0.25, 0.3) is 0 Å². The summed E-state index contributed by atoms with van der Waals surface area (Å²) in [7, 11) is 0. The number of aliphatic hydroxyl groups is 2. The quantitative estimate of drug-likeness (QED) is 0.268. The zero-order valence-corrected chi connectivity index (χ0v) is 27.7. The van der Waals surface area contributed by atoms with Gasteiger partial charge in [0.1, 0.15) is 10.8 Å². The van der Waals surface area contributed by atoms with Crippen LogP contribution in [0.15, 0.2) is 26.7 Å². The SMILES string of the molecule is CC.CC.CCC(CO)[C@@H](O)CN=C1NC(NCC(C)(C)C)=NCC(C)=C1c1ncc(C)s1.CCC=NCC. The highest BCUT2D eigenvalue weighted by molar-refractivity contribution is 7.13. The number of aliphatic imine (C=N–C) groups is 3. The van der Waals surface area contributed by atoms with Gasteiger partial charge in [-0.3, -0.25) is 9.98 Å². The Labute approximate surface area is 243 Å². The van der Waals surface area contributed by atoms with Crippen LogP contribution in [0.1, 0.15) is 98.9 Å². The maximum absolute atomic E-state index is 10.4. The number of nitrogens with one attached hydrogen (secondary N) is 2. The second-order valence-electron chi connectivity index (χ2n) is 9.83. The summed E-state index contributed by atoms with van der Waals surface area (Å²) in [6.07, 6.45) is 4.85. The average Bonchev–Trinajstić information content (AvgIpc) is 3.28. The Balaban J connectivity index is 0. The van der Waals surface area contributed by atoms with E-state index >= 15 is 0 Å². The molecule has 226 valence electrons. The van der Waals surface area contributed by atoms with Gasteiger partial charge < -0.3 is 20.8 Å². The van der Waals surface area contributed by atoms with Crippen molar-refractivity contribution < 1.29 is 10.2 Å². The number of thiazole rings is 1. The summed E-state index contributed by atoms with van der Waals surface area (Å²) in [5.41, 5.74) is 2.11. The minimum atomic E-state index is -0.704. The largest absolute Gasteiger partial charge is 0.396 e. The normalized spacial score (nSPS) is 15.9. The number of rotatable bonds is 9. The summed E-state index contributed by atoms with van der Waals surface area (Å²) in [4.78, 5) is 19.0. The molecule has 0 aromatic carbocycles. The lowest BCUT2D eigenvalue weighted by Crippen LogP contribution is -2.44. The first-order valence-corrected chi connectivity index (χ1v) is 15.4. The number of aliphatic hydroxyl groups excluding tert-OH is 2. The minimum Gasteiger partial charge on any atom is -0.396 e. The minimum absolute atomic E-state index is 0.0524. The van der Waals surface area contributed by atoms with Crippen molar-refractivity contribution in [2.75, 3.05) is 32.8 Å². The predicted molar refractivity (Wildman–Crippen MR) is 174 cm³/mol. The molecule has 0 saturated carbocycles. The van der Waals surface area contributed by atoms with Gasteiger partial charge in [-0.2, -0.15) is 0 Å². The molecule has 1 aliphatic rings. The number of aryl methyl sites for hydroxylation is 1. The summed E-state index contributed by atoms with van der Waals surface area (Å²) in [5.74, 6) is 1.14. The molecule has 0 amide bonds. The van der Waals surface area contributed by atoms with E-state index in [2.05, 4.69) is 53.3 Å². The van der Waals surface area contributed by atoms with Crippen LogP contribution in [0.2, 0.25) is 0 Å². The topological polar surface area (TPSA) is 114 Å². The Morgan fingerprint density at radius 1 is 1.15 bits per heavy atom. The lowest BCUT2D eigenvalue weighted by Gasteiger charge is -2.22. The zero-order valence-electron chi connectivity index (χ0n) is 26.9. The van der Waals surface area contributed by atoms with Gasteiger partial charge in [-0.1, -0.05) is 62.3 Å². The third kappa shape index (κ3) is 16.6. The molecule has 8 nitrogen and oxygen atoms in total. The molecule has 0 aliphatic carbocycles. The lowest BCUT2D eigenvalue weighted by molar-refractivity contribution is 0.0717. The van der Waals surface area contributed by atoms with E-state index in [0.717, 1.165) is 40.5 Å². The summed E-state index contributed by atoms with van der Waals surface area (Å²) >= 11 is 1.62. The highest BCUT2D eigenvalue weighted by atomic mass is 32.1. The van der Waals surface area contributed by atoms with E-state index in [1.165, 1.54) is 0 Å². The molecule has 1 aliphatic heterocycles. The second-order valence-corrected chi connectivity index (χ2v) is 11.1. The van der Waals surface area contributed by atoms with Gasteiger partial charge >= 0.3 is 0 Å². The third-order valence-corrected chi connectivity index (χ3v) is 6.16. The lowest BCUT2D eigenvalue weighted by atomic mass is 9.97. The van der Waals surface area contributed by atoms with E-state index in [0.29, 0.717) is 24.8 Å². The van der Waals surface area contributed by atoms with Gasteiger partial charge in [0.2, 0.25) is 0 Å². The zero-order chi connectivity index (χ0) is 30.4. The van der Waals surface area contributed by atoms with Crippen LogP contribution in [-0.2, 0) is 0 Å². The standard InChI is InChI=1S/C21H35N5O2S.C5H11N.2C2H6/c1-7-15(11-27)16(28)10-22-18-17(19-23-9-14(3)29-19)13(2)8-24-20(26-18)25-12-21(4,5)6;1-3-5-6-4-2;2*1-2/h9,15-16,27-28H,7-8,10-12H2,1-6H3,(H2,22,24,25,26);5H,3-4H2,1-2H3;2*1-2H3/t15?,16-;;;/m0.../s1. The molecule has 1 unspecified atom stereocenters. The smallest absolute Gasteiger partial charge is 0.197 e. The monoisotopic (exact) mass is 566 g/mol. The highest BCUT2D eigenvalue weighted by Crippen LogP contribution is 2.26. The van der Waals surface area contributed by atoms with Gasteiger partial charge in [-0.15, -0.1) is 11.3 Å². The highest BCUT2D eigenvalue weighted by Gasteiger charge is 2.23. The van der Waals surface area contributed by atoms with E-state index in [4.69, 9.17) is 4.99 Å². The van der Waals surface area contributed by atoms with Crippen molar-refractivity contribution in [1.29, 1.82) is 0 Å². The molecular formula is C30H58N6O2S. The van der Waals surface area contributed by atoms with Crippen molar-refractivity contribution in [2.45, 2.75) is 102 Å². The predicted octanol–water partition coefficient (Wildman–Crippen LogP) is 6.14. The van der Waals surface area contributed by atoms with Crippen LogP contribution in [0, 0.1) is 18.3 Å². The first kappa shape index (κ1) is 39.0. The average molecular weight is 567 g/mol. The first-order valence-electron chi connectivity index (χ1n) is 14.6. The molecule has 0 radical (unpaired) electrons. The maximum atomic E-state index is 10.4. The van der Waals surface area contributed by atoms with Crippen molar-refractivity contribution in [3.63, 3.8) is 0 Å². The molecule has 9 heteroatoms. The molecule has 0 saturated heterocycles. The summed E-state index contributed by atoms with van der Waals surface area (Å²) in [6.45, 7) is 27.0. The van der Waals surface area contributed by atoms with Crippen molar-refractivity contribution >= 4 is 34.9 Å². The molecule has 2 atom stereocenters. The molecule has 0 fully saturated rings. The fourth-order valence-corrected chi connectivity index (χ4v) is 4.02.